The lowest BCUT2D eigenvalue weighted by molar-refractivity contribution is -0.157. The number of para-hydroxylation sites is 1. The Kier molecular flexibility index (Phi) is 9.31. The molecule has 0 aliphatic carbocycles. The molecule has 8 heteroatoms. The van der Waals surface area contributed by atoms with Gasteiger partial charge in [-0.2, -0.15) is 0 Å². The van der Waals surface area contributed by atoms with Crippen LogP contribution >= 0.6 is 0 Å². The number of pyridine rings is 1. The number of aromatic nitrogens is 1. The van der Waals surface area contributed by atoms with Crippen LogP contribution in [0.25, 0.3) is 0 Å². The van der Waals surface area contributed by atoms with Crippen LogP contribution in [0.5, 0.6) is 17.2 Å². The van der Waals surface area contributed by atoms with Crippen LogP contribution in [0.2, 0.25) is 0 Å². The van der Waals surface area contributed by atoms with Crippen molar-refractivity contribution >= 4 is 11.9 Å². The van der Waals surface area contributed by atoms with Crippen LogP contribution < -0.4 is 14.8 Å². The number of ether oxygens (including phenoxy) is 3. The number of nitrogens with one attached hydrogen (secondary N) is 1. The zero-order chi connectivity index (χ0) is 23.7. The first-order valence-electron chi connectivity index (χ1n) is 10.7. The second kappa shape index (κ2) is 11.9. The molecule has 2 aromatic rings. The predicted octanol–water partition coefficient (Wildman–Crippen LogP) is 3.73. The summed E-state index contributed by atoms with van der Waals surface area (Å²) in [5, 5.41) is 12.6. The van der Waals surface area contributed by atoms with Crippen molar-refractivity contribution in [3.05, 3.63) is 48.3 Å². The molecule has 1 aromatic carbocycles. The van der Waals surface area contributed by atoms with Gasteiger partial charge in [-0.3, -0.25) is 4.79 Å². The van der Waals surface area contributed by atoms with Crippen LogP contribution in [0.1, 0.15) is 51.0 Å². The van der Waals surface area contributed by atoms with Crippen LogP contribution in [0.15, 0.2) is 42.6 Å². The molecule has 8 nitrogen and oxygen atoms in total. The summed E-state index contributed by atoms with van der Waals surface area (Å²) < 4.78 is 16.9. The molecule has 0 spiro atoms. The molecule has 1 aromatic heterocycles. The van der Waals surface area contributed by atoms with Crippen LogP contribution in [0.4, 0.5) is 0 Å². The monoisotopic (exact) mass is 444 g/mol. The van der Waals surface area contributed by atoms with E-state index in [2.05, 4.69) is 10.3 Å². The summed E-state index contributed by atoms with van der Waals surface area (Å²) in [7, 11) is 1.37. The number of hydrogen-bond acceptors (Lipinski definition) is 7. The molecule has 0 aliphatic heterocycles. The van der Waals surface area contributed by atoms with Gasteiger partial charge in [-0.15, -0.1) is 0 Å². The Hall–Kier alpha value is -3.29. The Morgan fingerprint density at radius 3 is 2.41 bits per heavy atom. The maximum atomic E-state index is 12.8. The van der Waals surface area contributed by atoms with Crippen molar-refractivity contribution in [2.24, 2.45) is 5.92 Å². The molecule has 0 radical (unpaired) electrons. The molecule has 0 bridgehead atoms. The predicted molar refractivity (Wildman–Crippen MR) is 120 cm³/mol. The van der Waals surface area contributed by atoms with E-state index in [0.29, 0.717) is 12.2 Å². The molecule has 0 aliphatic rings. The molecule has 1 amide bonds. The lowest BCUT2D eigenvalue weighted by Gasteiger charge is -2.31. The van der Waals surface area contributed by atoms with Gasteiger partial charge in [-0.05, 0) is 31.4 Å². The number of hydrogen-bond donors (Lipinski definition) is 2. The van der Waals surface area contributed by atoms with E-state index in [1.165, 1.54) is 26.3 Å². The highest BCUT2D eigenvalue weighted by Gasteiger charge is 2.31. The number of methoxy groups -OCH3 is 1. The fourth-order valence-electron chi connectivity index (χ4n) is 3.21. The smallest absolute Gasteiger partial charge is 0.328 e. The molecule has 0 fully saturated rings. The SMILES string of the molecule is CCC[C@H](OC(=O)[C@H](C)NC(=O)c1nccc(OC)c1O)[C@H](Oc1ccccc1)C(C)C. The second-order valence-corrected chi connectivity index (χ2v) is 7.81. The third-order valence-electron chi connectivity index (χ3n) is 4.90. The summed E-state index contributed by atoms with van der Waals surface area (Å²) in [6, 6.07) is 9.85. The molecule has 1 heterocycles. The summed E-state index contributed by atoms with van der Waals surface area (Å²) in [6.07, 6.45) is 1.90. The van der Waals surface area contributed by atoms with Gasteiger partial charge in [-0.25, -0.2) is 9.78 Å². The lowest BCUT2D eigenvalue weighted by Crippen LogP contribution is -2.45. The van der Waals surface area contributed by atoms with E-state index in [1.807, 2.05) is 51.1 Å². The molecule has 174 valence electrons. The van der Waals surface area contributed by atoms with Gasteiger partial charge in [0.15, 0.2) is 17.2 Å². The number of benzene rings is 1. The van der Waals surface area contributed by atoms with Crippen molar-refractivity contribution in [1.29, 1.82) is 0 Å². The Balaban J connectivity index is 2.09. The van der Waals surface area contributed by atoms with E-state index < -0.39 is 29.8 Å². The summed E-state index contributed by atoms with van der Waals surface area (Å²) in [5.74, 6) is -0.804. The maximum Gasteiger partial charge on any atom is 0.328 e. The second-order valence-electron chi connectivity index (χ2n) is 7.81. The topological polar surface area (TPSA) is 107 Å². The highest BCUT2D eigenvalue weighted by atomic mass is 16.6. The minimum absolute atomic E-state index is 0.0855. The number of carbonyl (C=O) groups excluding carboxylic acids is 2. The molecule has 32 heavy (non-hydrogen) atoms. The van der Waals surface area contributed by atoms with Gasteiger partial charge in [0.2, 0.25) is 0 Å². The Labute approximate surface area is 188 Å². The minimum Gasteiger partial charge on any atom is -0.503 e. The summed E-state index contributed by atoms with van der Waals surface area (Å²) >= 11 is 0. The first-order chi connectivity index (χ1) is 15.3. The van der Waals surface area contributed by atoms with Crippen molar-refractivity contribution in [2.45, 2.75) is 58.8 Å². The van der Waals surface area contributed by atoms with Gasteiger partial charge in [0.05, 0.1) is 7.11 Å². The maximum absolute atomic E-state index is 12.8. The van der Waals surface area contributed by atoms with Crippen molar-refractivity contribution in [3.63, 3.8) is 0 Å². The van der Waals surface area contributed by atoms with Crippen LogP contribution in [0.3, 0.4) is 0 Å². The summed E-state index contributed by atoms with van der Waals surface area (Å²) in [4.78, 5) is 29.2. The third-order valence-corrected chi connectivity index (χ3v) is 4.90. The third kappa shape index (κ3) is 6.60. The average molecular weight is 445 g/mol. The van der Waals surface area contributed by atoms with E-state index in [0.717, 1.165) is 6.42 Å². The normalized spacial score (nSPS) is 13.7. The fraction of sp³-hybridized carbons (Fsp3) is 0.458. The Bertz CT molecular complexity index is 887. The minimum atomic E-state index is -0.959. The molecular formula is C24H32N2O6. The number of carbonyl (C=O) groups is 2. The van der Waals surface area contributed by atoms with E-state index in [9.17, 15) is 14.7 Å². The molecule has 3 atom stereocenters. The first-order valence-corrected chi connectivity index (χ1v) is 10.7. The Morgan fingerprint density at radius 1 is 1.12 bits per heavy atom. The van der Waals surface area contributed by atoms with Gasteiger partial charge in [0, 0.05) is 12.3 Å². The number of esters is 1. The zero-order valence-electron chi connectivity index (χ0n) is 19.2. The first kappa shape index (κ1) is 25.0. The van der Waals surface area contributed by atoms with Gasteiger partial charge in [0.25, 0.3) is 5.91 Å². The number of amides is 1. The molecule has 0 saturated carbocycles. The highest BCUT2D eigenvalue weighted by Crippen LogP contribution is 2.27. The van der Waals surface area contributed by atoms with Crippen molar-refractivity contribution < 1.29 is 28.9 Å². The van der Waals surface area contributed by atoms with Crippen LogP contribution in [0, 0.1) is 5.92 Å². The van der Waals surface area contributed by atoms with Gasteiger partial charge < -0.3 is 24.6 Å². The van der Waals surface area contributed by atoms with Gasteiger partial charge in [-0.1, -0.05) is 45.4 Å². The highest BCUT2D eigenvalue weighted by molar-refractivity contribution is 5.97. The Morgan fingerprint density at radius 2 is 1.81 bits per heavy atom. The number of rotatable bonds is 11. The molecule has 2 N–H and O–H groups in total. The molecule has 0 saturated heterocycles. The van der Waals surface area contributed by atoms with E-state index in [-0.39, 0.29) is 23.5 Å². The van der Waals surface area contributed by atoms with Gasteiger partial charge >= 0.3 is 5.97 Å². The van der Waals surface area contributed by atoms with Gasteiger partial charge in [0.1, 0.15) is 24.0 Å². The van der Waals surface area contributed by atoms with Crippen LogP contribution in [-0.2, 0) is 9.53 Å². The summed E-state index contributed by atoms with van der Waals surface area (Å²) in [5.41, 5.74) is -0.235. The average Bonchev–Trinajstić information content (AvgIpc) is 2.77. The molecule has 2 rings (SSSR count). The fourth-order valence-corrected chi connectivity index (χ4v) is 3.21. The zero-order valence-corrected chi connectivity index (χ0v) is 19.2. The van der Waals surface area contributed by atoms with E-state index in [1.54, 1.807) is 0 Å². The largest absolute Gasteiger partial charge is 0.503 e. The molecular weight excluding hydrogens is 412 g/mol. The van der Waals surface area contributed by atoms with Crippen molar-refractivity contribution in [1.82, 2.24) is 10.3 Å². The van der Waals surface area contributed by atoms with Crippen LogP contribution in [-0.4, -0.2) is 47.3 Å². The van der Waals surface area contributed by atoms with E-state index in [4.69, 9.17) is 14.2 Å². The van der Waals surface area contributed by atoms with Crippen molar-refractivity contribution in [3.8, 4) is 17.2 Å². The number of aromatic hydroxyl groups is 1. The standard InChI is InChI=1S/C24H32N2O6/c1-6-10-19(22(15(2)3)31-17-11-8-7-9-12-17)32-24(29)16(4)26-23(28)20-21(27)18(30-5)13-14-25-20/h7-9,11-16,19,22,27H,6,10H2,1-5H3,(H,26,28)/t16-,19-,22+/m0/s1. The number of nitrogens with zero attached hydrogens (tertiary/aromatic N) is 1. The van der Waals surface area contributed by atoms with Crippen molar-refractivity contribution in [2.75, 3.05) is 7.11 Å². The quantitative estimate of drug-likeness (QED) is 0.509. The van der Waals surface area contributed by atoms with E-state index >= 15 is 0 Å². The summed E-state index contributed by atoms with van der Waals surface area (Å²) in [6.45, 7) is 7.53. The lowest BCUT2D eigenvalue weighted by atomic mass is 9.98. The molecule has 0 unspecified atom stereocenters.